The normalized spacial score (nSPS) is 24.5. The number of hydrogen-bond acceptors (Lipinski definition) is 5. The van der Waals surface area contributed by atoms with Crippen LogP contribution >= 0.6 is 0 Å². The molecule has 4 rings (SSSR count). The standard InChI is InChI=1S/C22H28N4O2/c27-19-16-26(20-15-23-12-13-24-20)14-9-18(19)25-21(28)22(10-5-2-6-11-22)17-7-3-1-4-8-17/h1,3-4,7-8,12-13,15,18-19,27H,2,5-6,9-11,14,16H2,(H,25,28)/t18-,19-/m1/s1. The number of aliphatic hydroxyl groups is 1. The quantitative estimate of drug-likeness (QED) is 0.852. The SMILES string of the molecule is O=C(N[C@@H]1CCN(c2cnccn2)C[C@H]1O)C1(c2ccccc2)CCCCC1. The summed E-state index contributed by atoms with van der Waals surface area (Å²) in [6.07, 6.45) is 10.1. The van der Waals surface area contributed by atoms with Gasteiger partial charge in [-0.05, 0) is 24.8 Å². The van der Waals surface area contributed by atoms with E-state index in [1.807, 2.05) is 23.1 Å². The molecular formula is C22H28N4O2. The van der Waals surface area contributed by atoms with Crippen molar-refractivity contribution in [1.82, 2.24) is 15.3 Å². The van der Waals surface area contributed by atoms with E-state index in [4.69, 9.17) is 0 Å². The first-order valence-corrected chi connectivity index (χ1v) is 10.2. The molecule has 148 valence electrons. The van der Waals surface area contributed by atoms with Crippen molar-refractivity contribution in [1.29, 1.82) is 0 Å². The van der Waals surface area contributed by atoms with E-state index in [0.29, 0.717) is 13.0 Å². The summed E-state index contributed by atoms with van der Waals surface area (Å²) in [4.78, 5) is 23.9. The molecule has 2 N–H and O–H groups in total. The molecule has 1 saturated heterocycles. The molecule has 0 bridgehead atoms. The minimum Gasteiger partial charge on any atom is -0.389 e. The molecule has 1 aromatic carbocycles. The highest BCUT2D eigenvalue weighted by molar-refractivity contribution is 5.88. The van der Waals surface area contributed by atoms with Crippen LogP contribution in [0.3, 0.4) is 0 Å². The summed E-state index contributed by atoms with van der Waals surface area (Å²) < 4.78 is 0. The van der Waals surface area contributed by atoms with E-state index in [2.05, 4.69) is 27.4 Å². The minimum absolute atomic E-state index is 0.0652. The van der Waals surface area contributed by atoms with Gasteiger partial charge in [0.1, 0.15) is 5.82 Å². The molecule has 0 radical (unpaired) electrons. The van der Waals surface area contributed by atoms with Gasteiger partial charge in [0.25, 0.3) is 0 Å². The van der Waals surface area contributed by atoms with Crippen LogP contribution < -0.4 is 10.2 Å². The number of piperidine rings is 1. The molecule has 2 atom stereocenters. The van der Waals surface area contributed by atoms with Gasteiger partial charge < -0.3 is 15.3 Å². The smallest absolute Gasteiger partial charge is 0.230 e. The number of anilines is 1. The topological polar surface area (TPSA) is 78.4 Å². The minimum atomic E-state index is -0.629. The fourth-order valence-electron chi connectivity index (χ4n) is 4.63. The Morgan fingerprint density at radius 3 is 2.61 bits per heavy atom. The molecule has 2 heterocycles. The molecule has 6 nitrogen and oxygen atoms in total. The van der Waals surface area contributed by atoms with Crippen molar-refractivity contribution in [3.05, 3.63) is 54.5 Å². The number of aliphatic hydroxyl groups excluding tert-OH is 1. The molecule has 1 amide bonds. The lowest BCUT2D eigenvalue weighted by molar-refractivity contribution is -0.129. The summed E-state index contributed by atoms with van der Waals surface area (Å²) in [5.74, 6) is 0.828. The highest BCUT2D eigenvalue weighted by Gasteiger charge is 2.42. The molecule has 1 saturated carbocycles. The Balaban J connectivity index is 1.46. The zero-order valence-corrected chi connectivity index (χ0v) is 16.1. The molecule has 1 aliphatic carbocycles. The number of hydrogen-bond donors (Lipinski definition) is 2. The number of rotatable bonds is 4. The van der Waals surface area contributed by atoms with Gasteiger partial charge in [0.15, 0.2) is 0 Å². The number of nitrogens with one attached hydrogen (secondary N) is 1. The lowest BCUT2D eigenvalue weighted by atomic mass is 9.68. The number of carbonyl (C=O) groups excluding carboxylic acids is 1. The maximum absolute atomic E-state index is 13.4. The fourth-order valence-corrected chi connectivity index (χ4v) is 4.63. The van der Waals surface area contributed by atoms with E-state index >= 15 is 0 Å². The summed E-state index contributed by atoms with van der Waals surface area (Å²) in [7, 11) is 0. The van der Waals surface area contributed by atoms with Crippen molar-refractivity contribution in [3.63, 3.8) is 0 Å². The van der Waals surface area contributed by atoms with E-state index in [9.17, 15) is 9.90 Å². The van der Waals surface area contributed by atoms with Gasteiger partial charge in [0.2, 0.25) is 5.91 Å². The van der Waals surface area contributed by atoms with E-state index in [1.54, 1.807) is 18.6 Å². The molecular weight excluding hydrogens is 352 g/mol. The van der Waals surface area contributed by atoms with Crippen LogP contribution in [0.15, 0.2) is 48.9 Å². The first kappa shape index (κ1) is 18.9. The number of carbonyl (C=O) groups is 1. The molecule has 1 aliphatic heterocycles. The molecule has 2 fully saturated rings. The molecule has 1 aromatic heterocycles. The molecule has 6 heteroatoms. The number of amides is 1. The predicted molar refractivity (Wildman–Crippen MR) is 108 cm³/mol. The van der Waals surface area contributed by atoms with Gasteiger partial charge in [-0.1, -0.05) is 49.6 Å². The van der Waals surface area contributed by atoms with E-state index in [-0.39, 0.29) is 11.9 Å². The third kappa shape index (κ3) is 3.74. The molecule has 0 spiro atoms. The van der Waals surface area contributed by atoms with E-state index in [1.165, 1.54) is 6.42 Å². The van der Waals surface area contributed by atoms with Crippen LogP contribution in [0.1, 0.15) is 44.1 Å². The lowest BCUT2D eigenvalue weighted by Gasteiger charge is -2.41. The molecule has 2 aliphatic rings. The second kappa shape index (κ2) is 8.27. The predicted octanol–water partition coefficient (Wildman–Crippen LogP) is 2.43. The Hall–Kier alpha value is -2.47. The monoisotopic (exact) mass is 380 g/mol. The summed E-state index contributed by atoms with van der Waals surface area (Å²) in [5, 5.41) is 13.9. The zero-order valence-electron chi connectivity index (χ0n) is 16.1. The maximum atomic E-state index is 13.4. The first-order chi connectivity index (χ1) is 13.7. The third-order valence-electron chi connectivity index (χ3n) is 6.24. The summed E-state index contributed by atoms with van der Waals surface area (Å²) >= 11 is 0. The van der Waals surface area contributed by atoms with Crippen LogP contribution in [0, 0.1) is 0 Å². The number of β-amino-alcohol motifs (C(OH)–C–C–N with tert-alkyl or cyclic N) is 1. The lowest BCUT2D eigenvalue weighted by Crippen LogP contribution is -2.58. The van der Waals surface area contributed by atoms with Gasteiger partial charge in [-0.25, -0.2) is 4.98 Å². The Morgan fingerprint density at radius 2 is 1.93 bits per heavy atom. The Bertz CT molecular complexity index is 778. The highest BCUT2D eigenvalue weighted by Crippen LogP contribution is 2.40. The summed E-state index contributed by atoms with van der Waals surface area (Å²) in [5.41, 5.74) is 0.625. The molecule has 2 aromatic rings. The Morgan fingerprint density at radius 1 is 1.14 bits per heavy atom. The average molecular weight is 380 g/mol. The Kier molecular flexibility index (Phi) is 5.57. The number of aromatic nitrogens is 2. The van der Waals surface area contributed by atoms with Crippen LogP contribution in [0.5, 0.6) is 0 Å². The van der Waals surface area contributed by atoms with Gasteiger partial charge in [0.05, 0.1) is 23.8 Å². The fraction of sp³-hybridized carbons (Fsp3) is 0.500. The number of benzene rings is 1. The van der Waals surface area contributed by atoms with Crippen LogP contribution in [0.25, 0.3) is 0 Å². The van der Waals surface area contributed by atoms with Crippen LogP contribution in [-0.2, 0) is 10.2 Å². The van der Waals surface area contributed by atoms with Crippen molar-refractivity contribution in [2.75, 3.05) is 18.0 Å². The van der Waals surface area contributed by atoms with Gasteiger partial charge in [-0.3, -0.25) is 9.78 Å². The van der Waals surface area contributed by atoms with Gasteiger partial charge in [-0.2, -0.15) is 0 Å². The van der Waals surface area contributed by atoms with E-state index in [0.717, 1.165) is 43.6 Å². The molecule has 28 heavy (non-hydrogen) atoms. The van der Waals surface area contributed by atoms with Crippen molar-refractivity contribution in [3.8, 4) is 0 Å². The summed E-state index contributed by atoms with van der Waals surface area (Å²) in [6, 6.07) is 9.91. The van der Waals surface area contributed by atoms with Crippen molar-refractivity contribution in [2.24, 2.45) is 0 Å². The summed E-state index contributed by atoms with van der Waals surface area (Å²) in [6.45, 7) is 1.18. The number of nitrogens with zero attached hydrogens (tertiary/aromatic N) is 3. The zero-order chi connectivity index (χ0) is 19.4. The first-order valence-electron chi connectivity index (χ1n) is 10.2. The largest absolute Gasteiger partial charge is 0.389 e. The van der Waals surface area contributed by atoms with Gasteiger partial charge in [0, 0.05) is 25.5 Å². The van der Waals surface area contributed by atoms with Crippen LogP contribution in [-0.4, -0.2) is 46.2 Å². The van der Waals surface area contributed by atoms with Crippen molar-refractivity contribution < 1.29 is 9.90 Å². The Labute approximate surface area is 166 Å². The van der Waals surface area contributed by atoms with Crippen molar-refractivity contribution in [2.45, 2.75) is 56.1 Å². The van der Waals surface area contributed by atoms with Gasteiger partial charge in [-0.15, -0.1) is 0 Å². The highest BCUT2D eigenvalue weighted by atomic mass is 16.3. The maximum Gasteiger partial charge on any atom is 0.230 e. The average Bonchev–Trinajstić information content (AvgIpc) is 2.77. The second-order valence-corrected chi connectivity index (χ2v) is 7.95. The third-order valence-corrected chi connectivity index (χ3v) is 6.24. The van der Waals surface area contributed by atoms with Gasteiger partial charge >= 0.3 is 0 Å². The second-order valence-electron chi connectivity index (χ2n) is 7.95. The van der Waals surface area contributed by atoms with Crippen molar-refractivity contribution >= 4 is 11.7 Å². The molecule has 0 unspecified atom stereocenters. The van der Waals surface area contributed by atoms with Crippen LogP contribution in [0.4, 0.5) is 5.82 Å². The van der Waals surface area contributed by atoms with Crippen LogP contribution in [0.2, 0.25) is 0 Å². The van der Waals surface area contributed by atoms with E-state index < -0.39 is 11.5 Å².